The molecule has 1 amide bonds. The number of aryl methyl sites for hydroxylation is 1. The van der Waals surface area contributed by atoms with E-state index in [1.807, 2.05) is 20.0 Å². The number of nitrogens with one attached hydrogen (secondary N) is 1. The number of amides is 1. The standard InChI is InChI=1S/C19H25N5OS/c1-11(15-3-4-20-24(15)2)16(25)21-18-23-22-17(26-18)19-8-12-5-13(9-19)7-14(6-12)10-19/h3-4,11-14H,5-10H2,1-2H3,(H,21,23,25). The van der Waals surface area contributed by atoms with Crippen molar-refractivity contribution < 1.29 is 4.79 Å². The zero-order valence-corrected chi connectivity index (χ0v) is 16.1. The quantitative estimate of drug-likeness (QED) is 0.893. The van der Waals surface area contributed by atoms with E-state index in [9.17, 15) is 4.79 Å². The van der Waals surface area contributed by atoms with Crippen LogP contribution >= 0.6 is 11.3 Å². The predicted molar refractivity (Wildman–Crippen MR) is 100 cm³/mol. The molecular weight excluding hydrogens is 346 g/mol. The first-order valence-corrected chi connectivity index (χ1v) is 10.5. The van der Waals surface area contributed by atoms with Gasteiger partial charge in [0.25, 0.3) is 0 Å². The van der Waals surface area contributed by atoms with Crippen LogP contribution < -0.4 is 5.32 Å². The van der Waals surface area contributed by atoms with Gasteiger partial charge in [-0.1, -0.05) is 11.3 Å². The van der Waals surface area contributed by atoms with E-state index in [2.05, 4.69) is 20.6 Å². The third kappa shape index (κ3) is 2.59. The molecule has 26 heavy (non-hydrogen) atoms. The Morgan fingerprint density at radius 3 is 2.46 bits per heavy atom. The first kappa shape index (κ1) is 16.4. The molecule has 0 saturated heterocycles. The number of hydrogen-bond acceptors (Lipinski definition) is 5. The van der Waals surface area contributed by atoms with Gasteiger partial charge < -0.3 is 0 Å². The maximum absolute atomic E-state index is 12.6. The fraction of sp³-hybridized carbons (Fsp3) is 0.684. The van der Waals surface area contributed by atoms with Gasteiger partial charge in [-0.2, -0.15) is 5.10 Å². The van der Waals surface area contributed by atoms with Crippen molar-refractivity contribution in [1.29, 1.82) is 0 Å². The number of anilines is 1. The Balaban J connectivity index is 1.33. The molecule has 0 spiro atoms. The smallest absolute Gasteiger partial charge is 0.235 e. The number of carbonyl (C=O) groups excluding carboxylic acids is 1. The summed E-state index contributed by atoms with van der Waals surface area (Å²) in [5.74, 6) is 2.32. The predicted octanol–water partition coefficient (Wildman–Crippen LogP) is 3.48. The molecule has 2 heterocycles. The van der Waals surface area contributed by atoms with Gasteiger partial charge in [0.2, 0.25) is 11.0 Å². The summed E-state index contributed by atoms with van der Waals surface area (Å²) >= 11 is 1.59. The average molecular weight is 372 g/mol. The van der Waals surface area contributed by atoms with Crippen molar-refractivity contribution in [3.05, 3.63) is 23.0 Å². The SMILES string of the molecule is CC(C(=O)Nc1nnc(C23CC4CC(CC(C4)C2)C3)s1)c1ccnn1C. The van der Waals surface area contributed by atoms with E-state index in [-0.39, 0.29) is 17.2 Å². The van der Waals surface area contributed by atoms with Crippen LogP contribution in [-0.4, -0.2) is 25.9 Å². The minimum Gasteiger partial charge on any atom is -0.300 e. The van der Waals surface area contributed by atoms with Gasteiger partial charge in [-0.05, 0) is 69.3 Å². The molecule has 138 valence electrons. The van der Waals surface area contributed by atoms with Gasteiger partial charge >= 0.3 is 0 Å². The summed E-state index contributed by atoms with van der Waals surface area (Å²) in [6.45, 7) is 1.90. The normalized spacial score (nSPS) is 33.4. The highest BCUT2D eigenvalue weighted by Gasteiger charge is 2.53. The van der Waals surface area contributed by atoms with E-state index in [1.54, 1.807) is 22.2 Å². The Bertz CT molecular complexity index is 805. The van der Waals surface area contributed by atoms with Crippen LogP contribution in [-0.2, 0) is 17.3 Å². The molecule has 4 aliphatic carbocycles. The summed E-state index contributed by atoms with van der Waals surface area (Å²) in [6.07, 6.45) is 9.79. The van der Waals surface area contributed by atoms with Gasteiger partial charge in [0.05, 0.1) is 11.6 Å². The van der Waals surface area contributed by atoms with Crippen LogP contribution in [0.2, 0.25) is 0 Å². The highest BCUT2D eigenvalue weighted by Crippen LogP contribution is 2.61. The lowest BCUT2D eigenvalue weighted by Crippen LogP contribution is -2.48. The van der Waals surface area contributed by atoms with Crippen LogP contribution in [0.15, 0.2) is 12.3 Å². The minimum atomic E-state index is -0.269. The topological polar surface area (TPSA) is 72.7 Å². The summed E-state index contributed by atoms with van der Waals surface area (Å²) in [5, 5.41) is 17.8. The molecule has 6 rings (SSSR count). The maximum Gasteiger partial charge on any atom is 0.235 e. The second kappa shape index (κ2) is 5.87. The van der Waals surface area contributed by atoms with Gasteiger partial charge in [0.1, 0.15) is 5.01 Å². The van der Waals surface area contributed by atoms with Crippen molar-refractivity contribution in [1.82, 2.24) is 20.0 Å². The molecule has 0 radical (unpaired) electrons. The van der Waals surface area contributed by atoms with Crippen LogP contribution in [0.25, 0.3) is 0 Å². The lowest BCUT2D eigenvalue weighted by atomic mass is 9.50. The van der Waals surface area contributed by atoms with Crippen LogP contribution in [0, 0.1) is 17.8 Å². The Labute approximate surface area is 157 Å². The molecule has 1 atom stereocenters. The Kier molecular flexibility index (Phi) is 3.71. The molecule has 1 N–H and O–H groups in total. The van der Waals surface area contributed by atoms with Crippen LogP contribution in [0.4, 0.5) is 5.13 Å². The van der Waals surface area contributed by atoms with E-state index in [4.69, 9.17) is 0 Å². The minimum absolute atomic E-state index is 0.0539. The van der Waals surface area contributed by atoms with E-state index < -0.39 is 0 Å². The molecule has 2 aromatic rings. The van der Waals surface area contributed by atoms with Crippen molar-refractivity contribution in [3.8, 4) is 0 Å². The highest BCUT2D eigenvalue weighted by atomic mass is 32.1. The molecule has 7 heteroatoms. The number of nitrogens with zero attached hydrogens (tertiary/aromatic N) is 4. The molecule has 4 saturated carbocycles. The van der Waals surface area contributed by atoms with Crippen molar-refractivity contribution in [2.75, 3.05) is 5.32 Å². The maximum atomic E-state index is 12.6. The van der Waals surface area contributed by atoms with Crippen LogP contribution in [0.5, 0.6) is 0 Å². The number of rotatable bonds is 4. The lowest BCUT2D eigenvalue weighted by Gasteiger charge is -2.55. The molecule has 4 bridgehead atoms. The summed E-state index contributed by atoms with van der Waals surface area (Å²) in [4.78, 5) is 12.6. The van der Waals surface area contributed by atoms with Gasteiger partial charge in [-0.3, -0.25) is 14.8 Å². The fourth-order valence-electron chi connectivity index (χ4n) is 6.02. The van der Waals surface area contributed by atoms with Gasteiger partial charge in [0.15, 0.2) is 0 Å². The van der Waals surface area contributed by atoms with E-state index in [0.717, 1.165) is 28.5 Å². The first-order valence-electron chi connectivity index (χ1n) is 9.65. The third-order valence-electron chi connectivity index (χ3n) is 6.84. The zero-order valence-electron chi connectivity index (χ0n) is 15.3. The third-order valence-corrected chi connectivity index (χ3v) is 7.93. The summed E-state index contributed by atoms with van der Waals surface area (Å²) in [6, 6.07) is 1.88. The Hall–Kier alpha value is -1.76. The molecule has 4 fully saturated rings. The molecular formula is C19H25N5OS. The number of hydrogen-bond donors (Lipinski definition) is 1. The van der Waals surface area contributed by atoms with E-state index >= 15 is 0 Å². The van der Waals surface area contributed by atoms with Gasteiger partial charge in [0, 0.05) is 18.7 Å². The molecule has 1 unspecified atom stereocenters. The average Bonchev–Trinajstić information content (AvgIpc) is 3.22. The van der Waals surface area contributed by atoms with E-state index in [0.29, 0.717) is 5.13 Å². The summed E-state index contributed by atoms with van der Waals surface area (Å²) < 4.78 is 1.74. The van der Waals surface area contributed by atoms with Crippen LogP contribution in [0.3, 0.4) is 0 Å². The molecule has 2 aromatic heterocycles. The Morgan fingerprint density at radius 1 is 1.23 bits per heavy atom. The van der Waals surface area contributed by atoms with Crippen LogP contribution in [0.1, 0.15) is 62.1 Å². The molecule has 4 aliphatic rings. The highest BCUT2D eigenvalue weighted by molar-refractivity contribution is 7.15. The molecule has 0 aromatic carbocycles. The fourth-order valence-corrected chi connectivity index (χ4v) is 6.98. The largest absolute Gasteiger partial charge is 0.300 e. The Morgan fingerprint density at radius 2 is 1.88 bits per heavy atom. The van der Waals surface area contributed by atoms with Crippen molar-refractivity contribution in [2.24, 2.45) is 24.8 Å². The lowest BCUT2D eigenvalue weighted by molar-refractivity contribution is -0.117. The first-order chi connectivity index (χ1) is 12.5. The number of aromatic nitrogens is 4. The van der Waals surface area contributed by atoms with Crippen molar-refractivity contribution >= 4 is 22.4 Å². The summed E-state index contributed by atoms with van der Waals surface area (Å²) in [7, 11) is 1.86. The molecule has 0 aliphatic heterocycles. The second-order valence-electron chi connectivity index (χ2n) is 8.70. The van der Waals surface area contributed by atoms with E-state index in [1.165, 1.54) is 38.5 Å². The van der Waals surface area contributed by atoms with Crippen molar-refractivity contribution in [2.45, 2.75) is 56.8 Å². The zero-order chi connectivity index (χ0) is 17.9. The second-order valence-corrected chi connectivity index (χ2v) is 9.68. The summed E-state index contributed by atoms with van der Waals surface area (Å²) in [5.41, 5.74) is 1.14. The molecule has 6 nitrogen and oxygen atoms in total. The van der Waals surface area contributed by atoms with Gasteiger partial charge in [-0.15, -0.1) is 10.2 Å². The number of carbonyl (C=O) groups is 1. The van der Waals surface area contributed by atoms with Gasteiger partial charge in [-0.25, -0.2) is 0 Å². The monoisotopic (exact) mass is 371 g/mol. The van der Waals surface area contributed by atoms with Crippen molar-refractivity contribution in [3.63, 3.8) is 0 Å².